The number of amides is 2. The number of ether oxygens (including phenoxy) is 1. The standard InChI is InChI=1S/C28H31N9O3/c1-4-36-22(10-16(2)34-36)27(39)33-28-32-21-11-17(25(29)38)12-23-24(21)37(28)19(15-40-23)7-9-30-13-18-14-35(3)26-20(18)6-5-8-31-26/h5-6,8,10-12,14,19,30H,4,7,9,13,15H2,1-3H3,(H2,29,38)(H,32,33,39)/t19-/m0/s1. The van der Waals surface area contributed by atoms with Crippen LogP contribution in [0.4, 0.5) is 5.95 Å². The van der Waals surface area contributed by atoms with Gasteiger partial charge in [-0.1, -0.05) is 0 Å². The number of carbonyl (C=O) groups excluding carboxylic acids is 2. The second kappa shape index (κ2) is 10.1. The van der Waals surface area contributed by atoms with Gasteiger partial charge in [-0.05, 0) is 62.7 Å². The second-order valence-electron chi connectivity index (χ2n) is 10.0. The number of nitrogens with zero attached hydrogens (tertiary/aromatic N) is 6. The number of carbonyl (C=O) groups is 2. The van der Waals surface area contributed by atoms with Crippen LogP contribution in [0, 0.1) is 6.92 Å². The third-order valence-corrected chi connectivity index (χ3v) is 7.28. The van der Waals surface area contributed by atoms with E-state index in [-0.39, 0.29) is 11.9 Å². The van der Waals surface area contributed by atoms with Gasteiger partial charge in [-0.2, -0.15) is 5.10 Å². The average Bonchev–Trinajstić information content (AvgIpc) is 3.61. The summed E-state index contributed by atoms with van der Waals surface area (Å²) in [7, 11) is 1.99. The van der Waals surface area contributed by atoms with E-state index in [0.717, 1.165) is 28.7 Å². The summed E-state index contributed by atoms with van der Waals surface area (Å²) in [5, 5.41) is 12.0. The van der Waals surface area contributed by atoms with Crippen molar-refractivity contribution in [1.29, 1.82) is 0 Å². The van der Waals surface area contributed by atoms with Gasteiger partial charge in [-0.3, -0.25) is 19.6 Å². The average molecular weight is 542 g/mol. The first-order chi connectivity index (χ1) is 19.3. The fourth-order valence-corrected chi connectivity index (χ4v) is 5.42. The Kier molecular flexibility index (Phi) is 6.46. The SMILES string of the molecule is CCn1nc(C)cc1C(=O)Nc1nc2cc(C(N)=O)cc3c2n1[C@@H](CCNCc1cn(C)c2ncccc12)CO3. The van der Waals surface area contributed by atoms with Crippen LogP contribution in [0.5, 0.6) is 5.75 Å². The minimum absolute atomic E-state index is 0.105. The molecule has 0 unspecified atom stereocenters. The number of pyridine rings is 1. The first-order valence-electron chi connectivity index (χ1n) is 13.3. The summed E-state index contributed by atoms with van der Waals surface area (Å²) in [6.07, 6.45) is 4.61. The number of hydrogen-bond donors (Lipinski definition) is 3. The molecule has 0 fully saturated rings. The summed E-state index contributed by atoms with van der Waals surface area (Å²) >= 11 is 0. The van der Waals surface area contributed by atoms with Crippen LogP contribution in [-0.4, -0.2) is 53.8 Å². The summed E-state index contributed by atoms with van der Waals surface area (Å²) in [4.78, 5) is 34.4. The lowest BCUT2D eigenvalue weighted by Crippen LogP contribution is -2.28. The second-order valence-corrected chi connectivity index (χ2v) is 10.0. The molecule has 206 valence electrons. The zero-order chi connectivity index (χ0) is 28.0. The van der Waals surface area contributed by atoms with Crippen LogP contribution in [0.25, 0.3) is 22.1 Å². The number of aromatic nitrogens is 6. The van der Waals surface area contributed by atoms with E-state index in [1.165, 1.54) is 5.56 Å². The van der Waals surface area contributed by atoms with E-state index in [1.807, 2.05) is 36.1 Å². The Morgan fingerprint density at radius 3 is 2.90 bits per heavy atom. The Balaban J connectivity index is 1.27. The van der Waals surface area contributed by atoms with Gasteiger partial charge in [-0.25, -0.2) is 9.97 Å². The molecular weight excluding hydrogens is 510 g/mol. The third-order valence-electron chi connectivity index (χ3n) is 7.28. The molecule has 0 radical (unpaired) electrons. The Morgan fingerprint density at radius 1 is 1.25 bits per heavy atom. The van der Waals surface area contributed by atoms with Crippen molar-refractivity contribution in [2.45, 2.75) is 39.4 Å². The lowest BCUT2D eigenvalue weighted by Gasteiger charge is -2.27. The number of aryl methyl sites for hydroxylation is 3. The van der Waals surface area contributed by atoms with E-state index < -0.39 is 5.91 Å². The van der Waals surface area contributed by atoms with Crippen molar-refractivity contribution >= 4 is 39.8 Å². The largest absolute Gasteiger partial charge is 0.489 e. The molecule has 6 rings (SSSR count). The Labute approximate surface area is 230 Å². The summed E-state index contributed by atoms with van der Waals surface area (Å²) in [5.74, 6) is 0.0248. The van der Waals surface area contributed by atoms with E-state index in [1.54, 1.807) is 29.1 Å². The van der Waals surface area contributed by atoms with E-state index in [9.17, 15) is 9.59 Å². The molecule has 0 bridgehead atoms. The van der Waals surface area contributed by atoms with Crippen LogP contribution in [0.2, 0.25) is 0 Å². The summed E-state index contributed by atoms with van der Waals surface area (Å²) < 4.78 is 11.8. The Bertz CT molecular complexity index is 1760. The maximum Gasteiger partial charge on any atom is 0.276 e. The van der Waals surface area contributed by atoms with Crippen LogP contribution in [-0.2, 0) is 20.1 Å². The first-order valence-corrected chi connectivity index (χ1v) is 13.3. The van der Waals surface area contributed by atoms with Crippen molar-refractivity contribution in [3.8, 4) is 5.75 Å². The molecule has 4 aromatic heterocycles. The van der Waals surface area contributed by atoms with Crippen molar-refractivity contribution in [1.82, 2.24) is 34.2 Å². The quantitative estimate of drug-likeness (QED) is 0.243. The van der Waals surface area contributed by atoms with Crippen molar-refractivity contribution in [2.75, 3.05) is 18.5 Å². The predicted octanol–water partition coefficient (Wildman–Crippen LogP) is 2.91. The lowest BCUT2D eigenvalue weighted by atomic mass is 10.1. The molecule has 40 heavy (non-hydrogen) atoms. The summed E-state index contributed by atoms with van der Waals surface area (Å²) in [6, 6.07) is 8.93. The monoisotopic (exact) mass is 541 g/mol. The highest BCUT2D eigenvalue weighted by Gasteiger charge is 2.29. The zero-order valence-electron chi connectivity index (χ0n) is 22.6. The molecule has 0 aliphatic carbocycles. The van der Waals surface area contributed by atoms with Gasteiger partial charge in [0.25, 0.3) is 5.91 Å². The number of fused-ring (bicyclic) bond motifs is 1. The van der Waals surface area contributed by atoms with Crippen molar-refractivity contribution in [2.24, 2.45) is 12.8 Å². The van der Waals surface area contributed by atoms with Crippen molar-refractivity contribution in [3.63, 3.8) is 0 Å². The van der Waals surface area contributed by atoms with Gasteiger partial charge in [-0.15, -0.1) is 0 Å². The number of nitrogens with one attached hydrogen (secondary N) is 2. The lowest BCUT2D eigenvalue weighted by molar-refractivity contribution is 0.0995. The number of nitrogens with two attached hydrogens (primary N) is 1. The number of rotatable bonds is 9. The van der Waals surface area contributed by atoms with Crippen LogP contribution < -0.4 is 21.1 Å². The number of primary amides is 1. The van der Waals surface area contributed by atoms with Crippen LogP contribution >= 0.6 is 0 Å². The maximum absolute atomic E-state index is 13.3. The fraction of sp³-hybridized carbons (Fsp3) is 0.321. The smallest absolute Gasteiger partial charge is 0.276 e. The van der Waals surface area contributed by atoms with Crippen LogP contribution in [0.1, 0.15) is 51.5 Å². The molecule has 1 atom stereocenters. The molecule has 12 heteroatoms. The first kappa shape index (κ1) is 25.6. The van der Waals surface area contributed by atoms with Gasteiger partial charge in [0.05, 0.1) is 17.3 Å². The predicted molar refractivity (Wildman–Crippen MR) is 150 cm³/mol. The summed E-state index contributed by atoms with van der Waals surface area (Å²) in [6.45, 7) is 6.10. The van der Waals surface area contributed by atoms with Gasteiger partial charge in [0.1, 0.15) is 29.2 Å². The molecule has 12 nitrogen and oxygen atoms in total. The molecule has 0 saturated heterocycles. The molecule has 5 heterocycles. The highest BCUT2D eigenvalue weighted by atomic mass is 16.5. The molecule has 0 spiro atoms. The van der Waals surface area contributed by atoms with Crippen LogP contribution in [0.15, 0.2) is 42.7 Å². The number of benzene rings is 1. The normalized spacial score (nSPS) is 14.5. The summed E-state index contributed by atoms with van der Waals surface area (Å²) in [5.41, 5.74) is 10.4. The van der Waals surface area contributed by atoms with E-state index >= 15 is 0 Å². The van der Waals surface area contributed by atoms with Crippen molar-refractivity contribution < 1.29 is 14.3 Å². The topological polar surface area (TPSA) is 147 Å². The van der Waals surface area contributed by atoms with Gasteiger partial charge in [0.2, 0.25) is 11.9 Å². The molecule has 1 aliphatic heterocycles. The minimum atomic E-state index is -0.570. The van der Waals surface area contributed by atoms with E-state index in [4.69, 9.17) is 15.5 Å². The highest BCUT2D eigenvalue weighted by Crippen LogP contribution is 2.38. The molecule has 0 saturated carbocycles. The van der Waals surface area contributed by atoms with Gasteiger partial charge in [0, 0.05) is 43.5 Å². The maximum atomic E-state index is 13.3. The molecule has 1 aliphatic rings. The third kappa shape index (κ3) is 4.45. The van der Waals surface area contributed by atoms with E-state index in [0.29, 0.717) is 54.7 Å². The highest BCUT2D eigenvalue weighted by molar-refractivity contribution is 6.04. The number of hydrogen-bond acceptors (Lipinski definition) is 7. The van der Waals surface area contributed by atoms with Gasteiger partial charge >= 0.3 is 0 Å². The molecule has 2 amide bonds. The number of imidazole rings is 1. The number of anilines is 1. The van der Waals surface area contributed by atoms with Gasteiger partial charge < -0.3 is 24.9 Å². The molecule has 1 aromatic carbocycles. The fourth-order valence-electron chi connectivity index (χ4n) is 5.42. The molecular formula is C28H31N9O3. The molecule has 4 N–H and O–H groups in total. The minimum Gasteiger partial charge on any atom is -0.489 e. The van der Waals surface area contributed by atoms with E-state index in [2.05, 4.69) is 33.0 Å². The Morgan fingerprint density at radius 2 is 2.10 bits per heavy atom. The van der Waals surface area contributed by atoms with Gasteiger partial charge in [0.15, 0.2) is 0 Å². The molecule has 5 aromatic rings. The zero-order valence-corrected chi connectivity index (χ0v) is 22.6. The van der Waals surface area contributed by atoms with Crippen LogP contribution in [0.3, 0.4) is 0 Å². The Hall–Kier alpha value is -4.71. The van der Waals surface area contributed by atoms with Crippen molar-refractivity contribution in [3.05, 3.63) is 65.2 Å².